The van der Waals surface area contributed by atoms with Crippen molar-refractivity contribution < 1.29 is 92.3 Å². The number of aliphatic hydroxyl groups is 6. The van der Waals surface area contributed by atoms with Crippen LogP contribution in [-0.2, 0) is 63.5 Å². The van der Waals surface area contributed by atoms with Gasteiger partial charge in [-0.25, -0.2) is 0 Å². The lowest BCUT2D eigenvalue weighted by Crippen LogP contribution is -2.68. The number of benzene rings is 1. The van der Waals surface area contributed by atoms with E-state index in [4.69, 9.17) is 52.1 Å². The first-order valence-corrected chi connectivity index (χ1v) is 29.7. The predicted molar refractivity (Wildman–Crippen MR) is 293 cm³/mol. The Bertz CT molecular complexity index is 1910. The van der Waals surface area contributed by atoms with Gasteiger partial charge in [0.15, 0.2) is 6.29 Å². The molecule has 21 nitrogen and oxygen atoms in total. The van der Waals surface area contributed by atoms with Crippen molar-refractivity contribution in [2.45, 2.75) is 147 Å². The average molecular weight is 1140 g/mol. The highest BCUT2D eigenvalue weighted by atomic mass is 16.6. The molecule has 21 heteroatoms. The molecule has 4 aliphatic carbocycles. The monoisotopic (exact) mass is 1140 g/mol. The minimum atomic E-state index is -1.86. The summed E-state index contributed by atoms with van der Waals surface area (Å²) in [5.74, 6) is 1.35. The van der Waals surface area contributed by atoms with Gasteiger partial charge in [0.05, 0.1) is 132 Å². The first kappa shape index (κ1) is 66.5. The number of carbonyl (C=O) groups excluding carboxylic acids is 2. The summed E-state index contributed by atoms with van der Waals surface area (Å²) in [6.45, 7) is 12.8. The van der Waals surface area contributed by atoms with Crippen LogP contribution in [0.1, 0.15) is 97.0 Å². The topological polar surface area (TPSA) is 272 Å². The zero-order chi connectivity index (χ0) is 57.5. The molecule has 460 valence electrons. The van der Waals surface area contributed by atoms with Gasteiger partial charge < -0.3 is 93.0 Å². The number of hydrogen-bond acceptors (Lipinski definition) is 19. The molecule has 7 N–H and O–H groups in total. The van der Waals surface area contributed by atoms with Crippen molar-refractivity contribution in [2.75, 3.05) is 133 Å². The molecular weight excluding hydrogens is 1040 g/mol. The van der Waals surface area contributed by atoms with E-state index in [2.05, 4.69) is 26.1 Å². The van der Waals surface area contributed by atoms with Crippen molar-refractivity contribution in [2.24, 2.45) is 46.3 Å². The Kier molecular flexibility index (Phi) is 28.5. The fourth-order valence-corrected chi connectivity index (χ4v) is 14.2. The number of nitrogens with one attached hydrogen (secondary N) is 1. The van der Waals surface area contributed by atoms with Crippen molar-refractivity contribution >= 4 is 11.8 Å². The van der Waals surface area contributed by atoms with Crippen molar-refractivity contribution in [3.8, 4) is 5.75 Å². The number of rotatable bonds is 38. The normalized spacial score (nSPS) is 31.9. The highest BCUT2D eigenvalue weighted by molar-refractivity contribution is 5.88. The molecule has 4 saturated carbocycles. The van der Waals surface area contributed by atoms with Crippen LogP contribution in [0.15, 0.2) is 24.3 Å². The number of methoxy groups -OCH3 is 2. The molecule has 13 unspecified atom stereocenters. The SMILES string of the molecule is COCCOCCOCCOCCOCCOCCOCCOCCOCCC(C(=O)NCc1ccc(OC)cc1)N(C(=O)CCC(C)C1CCC2C3CCC4CC(O)CCC4(C)C3CC(O)C12C)[C@H]1C(O)[C@H](O)C(CO)O[C@H]1O. The van der Waals surface area contributed by atoms with Crippen LogP contribution in [0.2, 0.25) is 0 Å². The summed E-state index contributed by atoms with van der Waals surface area (Å²) in [7, 11) is 3.19. The Morgan fingerprint density at radius 3 is 1.76 bits per heavy atom. The van der Waals surface area contributed by atoms with E-state index in [-0.39, 0.29) is 68.0 Å². The van der Waals surface area contributed by atoms with Crippen LogP contribution < -0.4 is 10.1 Å². The van der Waals surface area contributed by atoms with Gasteiger partial charge >= 0.3 is 0 Å². The standard InChI is InChI=1S/C59H100N2O19/c1-40(46-13-14-47-45-12-9-42-36-43(63)16-18-58(42,2)48(45)37-51(64)59(46,47)3)6-15-52(65)61(53-55(67)54(66)50(39-62)80-57(53)69)49(56(68)60-38-41-7-10-44(71-5)11-8-41)17-19-72-22-23-74-26-27-76-30-31-78-34-35-79-33-32-77-29-28-75-25-24-73-21-20-70-4/h7-8,10-11,40,42-43,45-51,53-55,57,62-64,66-67,69H,6,9,12-39H2,1-5H3,(H,60,68)/t40?,42?,43?,45?,46?,47?,48?,49?,50?,51?,53-,54+,55?,57+,58?,59?/m0/s1. The second kappa shape index (κ2) is 34.3. The van der Waals surface area contributed by atoms with Gasteiger partial charge in [-0.05, 0) is 122 Å². The molecule has 1 aromatic rings. The van der Waals surface area contributed by atoms with Crippen LogP contribution in [0, 0.1) is 46.3 Å². The molecule has 6 rings (SSSR count). The number of fused-ring (bicyclic) bond motifs is 5. The van der Waals surface area contributed by atoms with E-state index in [9.17, 15) is 35.4 Å². The summed E-state index contributed by atoms with van der Waals surface area (Å²) in [4.78, 5) is 30.7. The number of amides is 2. The molecule has 1 aliphatic heterocycles. The lowest BCUT2D eigenvalue weighted by molar-refractivity contribution is -0.273. The van der Waals surface area contributed by atoms with Crippen LogP contribution in [0.25, 0.3) is 0 Å². The molecule has 1 heterocycles. The molecule has 2 amide bonds. The highest BCUT2D eigenvalue weighted by Gasteiger charge is 2.64. The molecular formula is C59H100N2O19. The summed E-state index contributed by atoms with van der Waals surface area (Å²) in [6.07, 6.45) is 0.379. The van der Waals surface area contributed by atoms with Crippen LogP contribution in [0.4, 0.5) is 0 Å². The summed E-state index contributed by atoms with van der Waals surface area (Å²) in [5.41, 5.74) is 0.505. The van der Waals surface area contributed by atoms with E-state index in [1.54, 1.807) is 38.5 Å². The third-order valence-electron chi connectivity index (χ3n) is 18.6. The van der Waals surface area contributed by atoms with Gasteiger partial charge in [0.1, 0.15) is 36.1 Å². The van der Waals surface area contributed by atoms with Gasteiger partial charge in [0.25, 0.3) is 0 Å². The molecule has 1 saturated heterocycles. The smallest absolute Gasteiger partial charge is 0.243 e. The average Bonchev–Trinajstić information content (AvgIpc) is 3.92. The van der Waals surface area contributed by atoms with E-state index in [0.717, 1.165) is 61.8 Å². The predicted octanol–water partition coefficient (Wildman–Crippen LogP) is 2.88. The number of carbonyl (C=O) groups is 2. The number of nitrogens with zero attached hydrogens (tertiary/aromatic N) is 1. The fraction of sp³-hybridized carbons (Fsp3) is 0.864. The summed E-state index contributed by atoms with van der Waals surface area (Å²) in [5, 5.41) is 70.1. The number of ether oxygens (including phenoxy) is 11. The summed E-state index contributed by atoms with van der Waals surface area (Å²) >= 11 is 0. The number of hydrogen-bond donors (Lipinski definition) is 7. The zero-order valence-corrected chi connectivity index (χ0v) is 48.5. The molecule has 1 aromatic carbocycles. The summed E-state index contributed by atoms with van der Waals surface area (Å²) < 4.78 is 60.5. The molecule has 5 aliphatic rings. The summed E-state index contributed by atoms with van der Waals surface area (Å²) in [6, 6.07) is 4.27. The Labute approximate surface area is 474 Å². The molecule has 0 aromatic heterocycles. The maximum absolute atomic E-state index is 15.0. The van der Waals surface area contributed by atoms with Crippen LogP contribution in [0.3, 0.4) is 0 Å². The molecule has 16 atom stereocenters. The van der Waals surface area contributed by atoms with Crippen molar-refractivity contribution in [3.63, 3.8) is 0 Å². The van der Waals surface area contributed by atoms with E-state index in [1.807, 2.05) is 0 Å². The zero-order valence-electron chi connectivity index (χ0n) is 48.5. The van der Waals surface area contributed by atoms with Gasteiger partial charge in [-0.15, -0.1) is 0 Å². The molecule has 0 bridgehead atoms. The lowest BCUT2D eigenvalue weighted by Gasteiger charge is -2.62. The van der Waals surface area contributed by atoms with Crippen LogP contribution >= 0.6 is 0 Å². The second-order valence-electron chi connectivity index (χ2n) is 23.2. The molecule has 80 heavy (non-hydrogen) atoms. The van der Waals surface area contributed by atoms with Crippen molar-refractivity contribution in [1.29, 1.82) is 0 Å². The van der Waals surface area contributed by atoms with Gasteiger partial charge in [-0.2, -0.15) is 0 Å². The first-order chi connectivity index (χ1) is 38.7. The fourth-order valence-electron chi connectivity index (χ4n) is 14.2. The van der Waals surface area contributed by atoms with Crippen molar-refractivity contribution in [3.05, 3.63) is 29.8 Å². The Balaban J connectivity index is 0.987. The van der Waals surface area contributed by atoms with Crippen LogP contribution in [0.5, 0.6) is 5.75 Å². The van der Waals surface area contributed by atoms with Crippen LogP contribution in [-0.4, -0.2) is 229 Å². The third kappa shape index (κ3) is 18.2. The second-order valence-corrected chi connectivity index (χ2v) is 23.2. The largest absolute Gasteiger partial charge is 0.497 e. The maximum Gasteiger partial charge on any atom is 0.243 e. The Morgan fingerprint density at radius 1 is 0.675 bits per heavy atom. The van der Waals surface area contributed by atoms with Crippen molar-refractivity contribution in [1.82, 2.24) is 10.2 Å². The van der Waals surface area contributed by atoms with Gasteiger partial charge in [0.2, 0.25) is 11.8 Å². The molecule has 5 fully saturated rings. The highest BCUT2D eigenvalue weighted by Crippen LogP contribution is 2.68. The Hall–Kier alpha value is -2.68. The van der Waals surface area contributed by atoms with Gasteiger partial charge in [-0.3, -0.25) is 9.59 Å². The van der Waals surface area contributed by atoms with Gasteiger partial charge in [-0.1, -0.05) is 32.9 Å². The maximum atomic E-state index is 15.0. The van der Waals surface area contributed by atoms with E-state index in [1.165, 1.54) is 0 Å². The van der Waals surface area contributed by atoms with E-state index >= 15 is 4.79 Å². The minimum absolute atomic E-state index is 0.00681. The lowest BCUT2D eigenvalue weighted by atomic mass is 9.43. The van der Waals surface area contributed by atoms with Gasteiger partial charge in [0, 0.05) is 33.1 Å². The third-order valence-corrected chi connectivity index (χ3v) is 18.6. The minimum Gasteiger partial charge on any atom is -0.497 e. The molecule has 0 radical (unpaired) electrons. The molecule has 0 spiro atoms. The quantitative estimate of drug-likeness (QED) is 0.0469. The number of aliphatic hydroxyl groups excluding tert-OH is 6. The van der Waals surface area contributed by atoms with E-state index in [0.29, 0.717) is 128 Å². The Morgan fingerprint density at radius 2 is 1.23 bits per heavy atom. The first-order valence-electron chi connectivity index (χ1n) is 29.7. The van der Waals surface area contributed by atoms with E-state index < -0.39 is 61.2 Å².